The van der Waals surface area contributed by atoms with Crippen LogP contribution in [0.15, 0.2) is 51.7 Å². The molecule has 1 amide bonds. The Morgan fingerprint density at radius 2 is 1.97 bits per heavy atom. The van der Waals surface area contributed by atoms with Crippen molar-refractivity contribution in [3.05, 3.63) is 52.2 Å². The van der Waals surface area contributed by atoms with E-state index in [1.807, 2.05) is 25.5 Å². The lowest BCUT2D eigenvalue weighted by molar-refractivity contribution is -0.121. The maximum atomic E-state index is 12.2. The van der Waals surface area contributed by atoms with E-state index in [-0.39, 0.29) is 16.8 Å². The van der Waals surface area contributed by atoms with Crippen LogP contribution in [-0.2, 0) is 14.8 Å². The number of amides is 1. The molecule has 2 N–H and O–H groups in total. The molecule has 0 radical (unpaired) electrons. The molecule has 1 unspecified atom stereocenters. The van der Waals surface area contributed by atoms with Crippen molar-refractivity contribution in [2.45, 2.75) is 36.6 Å². The molecule has 2 aromatic rings. The minimum absolute atomic E-state index is 0.0576. The molecule has 0 fully saturated rings. The van der Waals surface area contributed by atoms with Crippen molar-refractivity contribution in [3.63, 3.8) is 0 Å². The summed E-state index contributed by atoms with van der Waals surface area (Å²) < 4.78 is 26.6. The molecule has 1 atom stereocenters. The van der Waals surface area contributed by atoms with Crippen LogP contribution < -0.4 is 10.0 Å². The number of nitrogens with zero attached hydrogens (tertiary/aromatic N) is 2. The van der Waals surface area contributed by atoms with Gasteiger partial charge in [0.1, 0.15) is 5.84 Å². The second-order valence-corrected chi connectivity index (χ2v) is 10.1. The molecule has 1 aliphatic heterocycles. The van der Waals surface area contributed by atoms with Crippen LogP contribution in [0.4, 0.5) is 0 Å². The molecule has 0 aliphatic carbocycles. The zero-order valence-electron chi connectivity index (χ0n) is 17.3. The number of aliphatic imine (C=N–C) groups is 1. The van der Waals surface area contributed by atoms with Gasteiger partial charge in [-0.25, -0.2) is 8.42 Å². The van der Waals surface area contributed by atoms with Gasteiger partial charge in [-0.2, -0.15) is 0 Å². The average molecular weight is 449 g/mol. The van der Waals surface area contributed by atoms with Crippen LogP contribution in [0.1, 0.15) is 42.2 Å². The van der Waals surface area contributed by atoms with Crippen molar-refractivity contribution in [2.24, 2.45) is 4.99 Å². The first-order valence-corrected chi connectivity index (χ1v) is 12.4. The van der Waals surface area contributed by atoms with E-state index in [2.05, 4.69) is 26.0 Å². The monoisotopic (exact) mass is 448 g/mol. The summed E-state index contributed by atoms with van der Waals surface area (Å²) in [6, 6.07) is 11.1. The number of fused-ring (bicyclic) bond motifs is 1. The van der Waals surface area contributed by atoms with Gasteiger partial charge in [0.2, 0.25) is 5.91 Å². The standard InChI is InChI=1S/C21H28N4O3S2/c1-25(2)17(18-10-8-14-29-18)15-23-20(26)12-4-3-7-13-22-21-16-9-5-6-11-19(16)30(27,28)24-21/h5-6,8-11,14,17H,3-4,7,12-13,15H2,1-2H3,(H,22,24)(H,23,26). The molecule has 9 heteroatoms. The molecule has 0 saturated carbocycles. The van der Waals surface area contributed by atoms with Crippen molar-refractivity contribution in [2.75, 3.05) is 27.2 Å². The molecule has 3 rings (SSSR count). The first-order chi connectivity index (χ1) is 14.4. The van der Waals surface area contributed by atoms with Crippen LogP contribution in [0.2, 0.25) is 0 Å². The fourth-order valence-corrected chi connectivity index (χ4v) is 5.51. The average Bonchev–Trinajstić information content (AvgIpc) is 3.32. The number of sulfonamides is 1. The second-order valence-electron chi connectivity index (χ2n) is 7.44. The predicted molar refractivity (Wildman–Crippen MR) is 120 cm³/mol. The highest BCUT2D eigenvalue weighted by atomic mass is 32.2. The van der Waals surface area contributed by atoms with Crippen molar-refractivity contribution < 1.29 is 13.2 Å². The third-order valence-corrected chi connectivity index (χ3v) is 7.35. The van der Waals surface area contributed by atoms with E-state index in [1.165, 1.54) is 4.88 Å². The highest BCUT2D eigenvalue weighted by Gasteiger charge is 2.29. The number of hydrogen-bond donors (Lipinski definition) is 2. The third-order valence-electron chi connectivity index (χ3n) is 4.98. The number of thiophene rings is 1. The van der Waals surface area contributed by atoms with E-state index in [0.717, 1.165) is 19.3 Å². The predicted octanol–water partition coefficient (Wildman–Crippen LogP) is 2.77. The highest BCUT2D eigenvalue weighted by molar-refractivity contribution is 7.90. The highest BCUT2D eigenvalue weighted by Crippen LogP contribution is 2.23. The SMILES string of the molecule is CN(C)C(CNC(=O)CCCCCN=C1NS(=O)(=O)c2ccccc21)c1cccs1. The molecule has 1 aliphatic rings. The first kappa shape index (κ1) is 22.5. The zero-order chi connectivity index (χ0) is 21.6. The van der Waals surface area contributed by atoms with E-state index in [1.54, 1.807) is 35.6 Å². The van der Waals surface area contributed by atoms with Gasteiger partial charge < -0.3 is 10.2 Å². The summed E-state index contributed by atoms with van der Waals surface area (Å²) in [5.74, 6) is 0.467. The lowest BCUT2D eigenvalue weighted by atomic mass is 10.1. The van der Waals surface area contributed by atoms with Gasteiger partial charge >= 0.3 is 0 Å². The van der Waals surface area contributed by atoms with Gasteiger partial charge in [-0.15, -0.1) is 11.3 Å². The van der Waals surface area contributed by atoms with Crippen LogP contribution >= 0.6 is 11.3 Å². The van der Waals surface area contributed by atoms with Crippen LogP contribution in [0, 0.1) is 0 Å². The van der Waals surface area contributed by atoms with Gasteiger partial charge in [0.25, 0.3) is 10.0 Å². The summed E-state index contributed by atoms with van der Waals surface area (Å²) in [6.45, 7) is 1.12. The van der Waals surface area contributed by atoms with Crippen LogP contribution in [-0.4, -0.2) is 52.2 Å². The molecule has 30 heavy (non-hydrogen) atoms. The van der Waals surface area contributed by atoms with Gasteiger partial charge in [0.05, 0.1) is 10.9 Å². The Labute approximate surface area is 182 Å². The molecule has 1 aromatic heterocycles. The molecule has 1 aromatic carbocycles. The number of likely N-dealkylation sites (N-methyl/N-ethyl adjacent to an activating group) is 1. The number of nitrogens with one attached hydrogen (secondary N) is 2. The Hall–Kier alpha value is -2.23. The van der Waals surface area contributed by atoms with E-state index in [4.69, 9.17) is 0 Å². The van der Waals surface area contributed by atoms with Gasteiger partial charge in [-0.1, -0.05) is 24.6 Å². The molecule has 0 saturated heterocycles. The van der Waals surface area contributed by atoms with E-state index in [0.29, 0.717) is 30.9 Å². The van der Waals surface area contributed by atoms with E-state index >= 15 is 0 Å². The van der Waals surface area contributed by atoms with Crippen LogP contribution in [0.3, 0.4) is 0 Å². The molecule has 0 spiro atoms. The van der Waals surface area contributed by atoms with E-state index < -0.39 is 10.0 Å². The normalized spacial score (nSPS) is 17.0. The Bertz CT molecular complexity index is 985. The minimum Gasteiger partial charge on any atom is -0.354 e. The summed E-state index contributed by atoms with van der Waals surface area (Å²) in [5.41, 5.74) is 0.623. The van der Waals surface area contributed by atoms with Crippen molar-refractivity contribution in [1.29, 1.82) is 0 Å². The fraction of sp³-hybridized carbons (Fsp3) is 0.429. The first-order valence-electron chi connectivity index (χ1n) is 10.0. The maximum Gasteiger partial charge on any atom is 0.263 e. The van der Waals surface area contributed by atoms with Crippen molar-refractivity contribution >= 4 is 33.1 Å². The summed E-state index contributed by atoms with van der Waals surface area (Å²) in [5, 5.41) is 5.08. The van der Waals surface area contributed by atoms with Crippen LogP contribution in [0.5, 0.6) is 0 Å². The number of rotatable bonds is 10. The summed E-state index contributed by atoms with van der Waals surface area (Å²) in [7, 11) is 0.544. The summed E-state index contributed by atoms with van der Waals surface area (Å²) >= 11 is 1.70. The maximum absolute atomic E-state index is 12.2. The molecular weight excluding hydrogens is 420 g/mol. The number of benzene rings is 1. The number of unbranched alkanes of at least 4 members (excludes halogenated alkanes) is 2. The number of carbonyl (C=O) groups excluding carboxylic acids is 1. The lowest BCUT2D eigenvalue weighted by Crippen LogP contribution is -2.34. The number of hydrogen-bond acceptors (Lipinski definition) is 6. The fourth-order valence-electron chi connectivity index (χ4n) is 3.33. The Balaban J connectivity index is 1.37. The van der Waals surface area contributed by atoms with Crippen LogP contribution in [0.25, 0.3) is 0 Å². The quantitative estimate of drug-likeness (QED) is 0.547. The summed E-state index contributed by atoms with van der Waals surface area (Å²) in [6.07, 6.45) is 2.93. The topological polar surface area (TPSA) is 90.9 Å². The van der Waals surface area contributed by atoms with E-state index in [9.17, 15) is 13.2 Å². The Kier molecular flexibility index (Phi) is 7.63. The lowest BCUT2D eigenvalue weighted by Gasteiger charge is -2.23. The summed E-state index contributed by atoms with van der Waals surface area (Å²) in [4.78, 5) is 20.2. The number of carbonyl (C=O) groups is 1. The molecule has 162 valence electrons. The Morgan fingerprint density at radius 3 is 2.70 bits per heavy atom. The number of amidine groups is 1. The Morgan fingerprint density at radius 1 is 1.17 bits per heavy atom. The molecule has 7 nitrogen and oxygen atoms in total. The molecule has 0 bridgehead atoms. The third kappa shape index (κ3) is 5.68. The van der Waals surface area contributed by atoms with Gasteiger partial charge in [-0.05, 0) is 50.5 Å². The molecular formula is C21H28N4O3S2. The van der Waals surface area contributed by atoms with Crippen molar-refractivity contribution in [1.82, 2.24) is 14.9 Å². The molecule has 2 heterocycles. The van der Waals surface area contributed by atoms with Gasteiger partial charge in [0, 0.05) is 30.0 Å². The minimum atomic E-state index is -3.49. The zero-order valence-corrected chi connectivity index (χ0v) is 18.9. The van der Waals surface area contributed by atoms with Crippen molar-refractivity contribution in [3.8, 4) is 0 Å². The van der Waals surface area contributed by atoms with Gasteiger partial charge in [-0.3, -0.25) is 14.5 Å². The van der Waals surface area contributed by atoms with Gasteiger partial charge in [0.15, 0.2) is 0 Å². The largest absolute Gasteiger partial charge is 0.354 e. The smallest absolute Gasteiger partial charge is 0.263 e. The second kappa shape index (κ2) is 10.2.